The van der Waals surface area contributed by atoms with Crippen molar-refractivity contribution in [2.45, 2.75) is 38.6 Å². The third-order valence-corrected chi connectivity index (χ3v) is 3.44. The first-order valence-electron chi connectivity index (χ1n) is 6.67. The normalized spacial score (nSPS) is 12.2. The molecule has 0 radical (unpaired) electrons. The Hall–Kier alpha value is -1.19. The van der Waals surface area contributed by atoms with Gasteiger partial charge >= 0.3 is 0 Å². The largest absolute Gasteiger partial charge is 0.497 e. The van der Waals surface area contributed by atoms with Crippen LogP contribution in [0.15, 0.2) is 24.4 Å². The maximum absolute atomic E-state index is 6.28. The molecule has 2 aromatic rings. The van der Waals surface area contributed by atoms with Gasteiger partial charge in [0.05, 0.1) is 7.11 Å². The average Bonchev–Trinajstić information content (AvgIpc) is 2.81. The van der Waals surface area contributed by atoms with Crippen molar-refractivity contribution >= 4 is 23.3 Å². The summed E-state index contributed by atoms with van der Waals surface area (Å²) in [7, 11) is 1.69. The second kappa shape index (κ2) is 7.41. The van der Waals surface area contributed by atoms with Gasteiger partial charge in [0.2, 0.25) is 0 Å². The monoisotopic (exact) mass is 282 g/mol. The van der Waals surface area contributed by atoms with Crippen molar-refractivity contribution < 1.29 is 4.74 Å². The number of halogens is 1. The number of unbranched alkanes of at least 4 members (excludes halogenated alkanes) is 2. The molecule has 3 N–H and O–H groups in total. The molecule has 1 aromatic heterocycles. The topological polar surface area (TPSA) is 51.0 Å². The first-order valence-corrected chi connectivity index (χ1v) is 6.67. The molecule has 0 amide bonds. The highest BCUT2D eigenvalue weighted by Gasteiger charge is 2.12. The molecule has 1 aromatic carbocycles. The number of H-pyrrole nitrogens is 1. The summed E-state index contributed by atoms with van der Waals surface area (Å²) in [6, 6.07) is 6.17. The molecular formula is C15H23ClN2O. The molecule has 0 bridgehead atoms. The van der Waals surface area contributed by atoms with E-state index in [1.54, 1.807) is 7.11 Å². The molecule has 2 rings (SSSR count). The Labute approximate surface area is 120 Å². The molecule has 19 heavy (non-hydrogen) atoms. The summed E-state index contributed by atoms with van der Waals surface area (Å²) in [5.74, 6) is 0.879. The molecule has 0 spiro atoms. The van der Waals surface area contributed by atoms with E-state index in [0.29, 0.717) is 0 Å². The minimum Gasteiger partial charge on any atom is -0.497 e. The lowest BCUT2D eigenvalue weighted by atomic mass is 10.0. The van der Waals surface area contributed by atoms with Crippen molar-refractivity contribution in [3.63, 3.8) is 0 Å². The fourth-order valence-electron chi connectivity index (χ4n) is 2.32. The number of ether oxygens (including phenoxy) is 1. The Morgan fingerprint density at radius 3 is 2.79 bits per heavy atom. The Morgan fingerprint density at radius 1 is 1.32 bits per heavy atom. The second-order valence-electron chi connectivity index (χ2n) is 4.76. The van der Waals surface area contributed by atoms with E-state index < -0.39 is 0 Å². The number of fused-ring (bicyclic) bond motifs is 1. The van der Waals surface area contributed by atoms with Gasteiger partial charge in [0.1, 0.15) is 5.75 Å². The summed E-state index contributed by atoms with van der Waals surface area (Å²) in [4.78, 5) is 3.28. The number of nitrogens with two attached hydrogens (primary N) is 1. The summed E-state index contributed by atoms with van der Waals surface area (Å²) in [6.45, 7) is 2.21. The number of hydrogen-bond acceptors (Lipinski definition) is 2. The lowest BCUT2D eigenvalue weighted by molar-refractivity contribution is 0.415. The molecular weight excluding hydrogens is 260 g/mol. The quantitative estimate of drug-likeness (QED) is 0.781. The third-order valence-electron chi connectivity index (χ3n) is 3.44. The number of benzene rings is 1. The molecule has 4 heteroatoms. The Kier molecular flexibility index (Phi) is 6.19. The van der Waals surface area contributed by atoms with E-state index in [1.807, 2.05) is 18.3 Å². The van der Waals surface area contributed by atoms with Crippen LogP contribution in [0.1, 0.15) is 44.2 Å². The fraction of sp³-hybridized carbons (Fsp3) is 0.467. The van der Waals surface area contributed by atoms with Gasteiger partial charge in [0.15, 0.2) is 0 Å². The van der Waals surface area contributed by atoms with Crippen LogP contribution < -0.4 is 10.5 Å². The average molecular weight is 283 g/mol. The van der Waals surface area contributed by atoms with Crippen molar-refractivity contribution in [1.29, 1.82) is 0 Å². The number of nitrogens with one attached hydrogen (secondary N) is 1. The van der Waals surface area contributed by atoms with E-state index in [1.165, 1.54) is 30.2 Å². The van der Waals surface area contributed by atoms with Crippen LogP contribution in [0.4, 0.5) is 0 Å². The minimum absolute atomic E-state index is 0. The number of aromatic nitrogens is 1. The first-order chi connectivity index (χ1) is 8.76. The van der Waals surface area contributed by atoms with Crippen molar-refractivity contribution in [1.82, 2.24) is 4.98 Å². The van der Waals surface area contributed by atoms with Crippen molar-refractivity contribution in [2.24, 2.45) is 5.73 Å². The zero-order valence-corrected chi connectivity index (χ0v) is 12.4. The van der Waals surface area contributed by atoms with E-state index in [0.717, 1.165) is 17.7 Å². The standard InChI is InChI=1S/C15H22N2O.ClH/c1-3-4-5-6-14(16)13-10-17-15-8-7-11(18-2)9-12(13)15;/h7-10,14,17H,3-6,16H2,1-2H3;1H/t14-;/m0./s1. The summed E-state index contributed by atoms with van der Waals surface area (Å²) >= 11 is 0. The van der Waals surface area contributed by atoms with E-state index in [9.17, 15) is 0 Å². The predicted molar refractivity (Wildman–Crippen MR) is 83.2 cm³/mol. The van der Waals surface area contributed by atoms with Gasteiger partial charge in [-0.3, -0.25) is 0 Å². The van der Waals surface area contributed by atoms with Gasteiger partial charge in [0.25, 0.3) is 0 Å². The summed E-state index contributed by atoms with van der Waals surface area (Å²) in [5, 5.41) is 1.18. The van der Waals surface area contributed by atoms with E-state index in [4.69, 9.17) is 10.5 Å². The van der Waals surface area contributed by atoms with Crippen LogP contribution in [-0.4, -0.2) is 12.1 Å². The predicted octanol–water partition coefficient (Wildman–Crippen LogP) is 4.18. The van der Waals surface area contributed by atoms with Crippen LogP contribution in [0.25, 0.3) is 10.9 Å². The Bertz CT molecular complexity index is 510. The van der Waals surface area contributed by atoms with Gasteiger partial charge in [-0.1, -0.05) is 26.2 Å². The van der Waals surface area contributed by atoms with Crippen LogP contribution in [0.5, 0.6) is 5.75 Å². The number of hydrogen-bond donors (Lipinski definition) is 2. The lowest BCUT2D eigenvalue weighted by Crippen LogP contribution is -2.09. The Morgan fingerprint density at radius 2 is 2.11 bits per heavy atom. The van der Waals surface area contributed by atoms with Crippen molar-refractivity contribution in [3.05, 3.63) is 30.0 Å². The molecule has 1 atom stereocenters. The molecule has 0 aliphatic carbocycles. The molecule has 106 valence electrons. The molecule has 0 fully saturated rings. The van der Waals surface area contributed by atoms with Crippen LogP contribution in [0.2, 0.25) is 0 Å². The highest BCUT2D eigenvalue weighted by Crippen LogP contribution is 2.28. The maximum Gasteiger partial charge on any atom is 0.119 e. The number of rotatable bonds is 6. The van der Waals surface area contributed by atoms with Gasteiger partial charge in [-0.2, -0.15) is 0 Å². The van der Waals surface area contributed by atoms with Gasteiger partial charge in [-0.25, -0.2) is 0 Å². The summed E-state index contributed by atoms with van der Waals surface area (Å²) in [5.41, 5.74) is 8.59. The molecule has 0 saturated heterocycles. The van der Waals surface area contributed by atoms with Gasteiger partial charge in [0, 0.05) is 23.1 Å². The van der Waals surface area contributed by atoms with Crippen LogP contribution >= 0.6 is 12.4 Å². The zero-order chi connectivity index (χ0) is 13.0. The van der Waals surface area contributed by atoms with E-state index in [-0.39, 0.29) is 18.4 Å². The lowest BCUT2D eigenvalue weighted by Gasteiger charge is -2.10. The summed E-state index contributed by atoms with van der Waals surface area (Å²) in [6.07, 6.45) is 6.74. The molecule has 3 nitrogen and oxygen atoms in total. The third kappa shape index (κ3) is 3.64. The Balaban J connectivity index is 0.00000180. The summed E-state index contributed by atoms with van der Waals surface area (Å²) < 4.78 is 5.27. The second-order valence-corrected chi connectivity index (χ2v) is 4.76. The number of methoxy groups -OCH3 is 1. The highest BCUT2D eigenvalue weighted by molar-refractivity contribution is 5.85. The zero-order valence-electron chi connectivity index (χ0n) is 11.6. The van der Waals surface area contributed by atoms with E-state index in [2.05, 4.69) is 18.0 Å². The molecule has 0 aliphatic rings. The minimum atomic E-state index is 0. The molecule has 1 heterocycles. The smallest absolute Gasteiger partial charge is 0.119 e. The first kappa shape index (κ1) is 15.9. The fourth-order valence-corrected chi connectivity index (χ4v) is 2.32. The SMILES string of the molecule is CCCCC[C@H](N)c1c[nH]c2ccc(OC)cc12.Cl. The van der Waals surface area contributed by atoms with Crippen molar-refractivity contribution in [2.75, 3.05) is 7.11 Å². The maximum atomic E-state index is 6.28. The highest BCUT2D eigenvalue weighted by atomic mass is 35.5. The molecule has 0 unspecified atom stereocenters. The van der Waals surface area contributed by atoms with E-state index >= 15 is 0 Å². The number of aromatic amines is 1. The van der Waals surface area contributed by atoms with Crippen molar-refractivity contribution in [3.8, 4) is 5.75 Å². The van der Waals surface area contributed by atoms with Crippen LogP contribution in [0.3, 0.4) is 0 Å². The van der Waals surface area contributed by atoms with Gasteiger partial charge in [-0.05, 0) is 30.2 Å². The van der Waals surface area contributed by atoms with Gasteiger partial charge in [-0.15, -0.1) is 12.4 Å². The van der Waals surface area contributed by atoms with Crippen LogP contribution in [-0.2, 0) is 0 Å². The molecule has 0 saturated carbocycles. The molecule has 0 aliphatic heterocycles. The van der Waals surface area contributed by atoms with Gasteiger partial charge < -0.3 is 15.5 Å². The van der Waals surface area contributed by atoms with Crippen LogP contribution in [0, 0.1) is 0 Å².